The van der Waals surface area contributed by atoms with Gasteiger partial charge in [-0.3, -0.25) is 14.4 Å². The molecule has 46 heavy (non-hydrogen) atoms. The number of carboxylic acid groups (broad SMARTS) is 1. The van der Waals surface area contributed by atoms with Crippen LogP contribution < -0.4 is 5.32 Å². The van der Waals surface area contributed by atoms with Crippen molar-refractivity contribution in [1.82, 2.24) is 4.90 Å². The van der Waals surface area contributed by atoms with Crippen LogP contribution in [0, 0.1) is 0 Å². The highest BCUT2D eigenvalue weighted by atomic mass is 19.4. The van der Waals surface area contributed by atoms with Crippen molar-refractivity contribution in [2.75, 3.05) is 18.4 Å². The number of aryl methyl sites for hydroxylation is 2. The Morgan fingerprint density at radius 3 is 1.98 bits per heavy atom. The number of likely N-dealkylation sites (N-methyl/N-ethyl adjacent to an activating group) is 1. The van der Waals surface area contributed by atoms with Crippen molar-refractivity contribution < 1.29 is 32.7 Å². The molecule has 1 atom stereocenters. The number of alkyl halides is 3. The van der Waals surface area contributed by atoms with Crippen LogP contribution in [0.5, 0.6) is 0 Å². The fourth-order valence-electron chi connectivity index (χ4n) is 5.69. The Bertz CT molecular complexity index is 1680. The molecule has 0 bridgehead atoms. The zero-order valence-electron chi connectivity index (χ0n) is 26.0. The van der Waals surface area contributed by atoms with Crippen molar-refractivity contribution in [1.29, 1.82) is 0 Å². The first-order valence-corrected chi connectivity index (χ1v) is 15.2. The summed E-state index contributed by atoms with van der Waals surface area (Å²) >= 11 is 0. The summed E-state index contributed by atoms with van der Waals surface area (Å²) in [6, 6.07) is 25.5. The average Bonchev–Trinajstić information content (AvgIpc) is 3.06. The quantitative estimate of drug-likeness (QED) is 0.155. The summed E-state index contributed by atoms with van der Waals surface area (Å²) in [4.78, 5) is 42.2. The normalized spacial score (nSPS) is 12.7. The minimum Gasteiger partial charge on any atom is -0.480 e. The zero-order valence-corrected chi connectivity index (χ0v) is 26.0. The van der Waals surface area contributed by atoms with Crippen LogP contribution in [-0.2, 0) is 34.0 Å². The summed E-state index contributed by atoms with van der Waals surface area (Å²) in [7, 11) is 0. The summed E-state index contributed by atoms with van der Waals surface area (Å²) in [5.74, 6) is -2.22. The Morgan fingerprint density at radius 1 is 0.783 bits per heavy atom. The van der Waals surface area contributed by atoms with E-state index in [1.54, 1.807) is 42.5 Å². The summed E-state index contributed by atoms with van der Waals surface area (Å²) in [6.07, 6.45) is -3.65. The molecule has 0 heterocycles. The van der Waals surface area contributed by atoms with Crippen molar-refractivity contribution in [3.05, 3.63) is 125 Å². The van der Waals surface area contributed by atoms with E-state index in [-0.39, 0.29) is 12.0 Å². The van der Waals surface area contributed by atoms with Gasteiger partial charge in [0.05, 0.1) is 5.56 Å². The molecule has 4 rings (SSSR count). The maximum absolute atomic E-state index is 14.0. The Labute approximate surface area is 266 Å². The van der Waals surface area contributed by atoms with Gasteiger partial charge >= 0.3 is 12.1 Å². The van der Waals surface area contributed by atoms with Gasteiger partial charge in [0.2, 0.25) is 5.91 Å². The molecule has 6 nitrogen and oxygen atoms in total. The molecule has 9 heteroatoms. The van der Waals surface area contributed by atoms with Gasteiger partial charge in [-0.15, -0.1) is 0 Å². The maximum Gasteiger partial charge on any atom is 0.416 e. The predicted octanol–water partition coefficient (Wildman–Crippen LogP) is 8.01. The number of carbonyl (C=O) groups excluding carboxylic acids is 2. The summed E-state index contributed by atoms with van der Waals surface area (Å²) < 4.78 is 39.3. The summed E-state index contributed by atoms with van der Waals surface area (Å²) in [5.41, 5.74) is 0.831. The Morgan fingerprint density at radius 2 is 1.39 bits per heavy atom. The molecule has 0 aliphatic heterocycles. The van der Waals surface area contributed by atoms with Crippen LogP contribution in [0.4, 0.5) is 18.9 Å². The lowest BCUT2D eigenvalue weighted by Crippen LogP contribution is -2.52. The topological polar surface area (TPSA) is 86.7 Å². The third-order valence-electron chi connectivity index (χ3n) is 8.33. The highest BCUT2D eigenvalue weighted by molar-refractivity contribution is 6.10. The lowest BCUT2D eigenvalue weighted by atomic mass is 9.73. The van der Waals surface area contributed by atoms with Gasteiger partial charge in [-0.2, -0.15) is 13.2 Å². The van der Waals surface area contributed by atoms with Crippen LogP contribution in [0.1, 0.15) is 59.8 Å². The lowest BCUT2D eigenvalue weighted by molar-refractivity contribution is -0.154. The molecule has 1 unspecified atom stereocenters. The number of hydrogen-bond donors (Lipinski definition) is 2. The number of carbonyl (C=O) groups is 3. The molecule has 4 aromatic carbocycles. The highest BCUT2D eigenvalue weighted by Gasteiger charge is 2.49. The molecule has 2 N–H and O–H groups in total. The van der Waals surface area contributed by atoms with Gasteiger partial charge in [0, 0.05) is 24.3 Å². The van der Waals surface area contributed by atoms with E-state index in [4.69, 9.17) is 0 Å². The monoisotopic (exact) mass is 630 g/mol. The van der Waals surface area contributed by atoms with Gasteiger partial charge in [0.25, 0.3) is 5.91 Å². The molecule has 240 valence electrons. The molecule has 0 aliphatic rings. The number of carboxylic acids is 1. The van der Waals surface area contributed by atoms with E-state index in [2.05, 4.69) is 5.32 Å². The Kier molecular flexibility index (Phi) is 10.7. The Hall–Kier alpha value is -4.92. The number of anilines is 1. The van der Waals surface area contributed by atoms with Gasteiger partial charge in [0.15, 0.2) is 5.41 Å². The smallest absolute Gasteiger partial charge is 0.416 e. The van der Waals surface area contributed by atoms with Gasteiger partial charge < -0.3 is 15.3 Å². The molecule has 0 radical (unpaired) electrons. The van der Waals surface area contributed by atoms with Crippen LogP contribution in [0.25, 0.3) is 11.1 Å². The minimum absolute atomic E-state index is 0.0387. The van der Waals surface area contributed by atoms with Gasteiger partial charge in [0.1, 0.15) is 0 Å². The molecule has 0 aliphatic carbocycles. The Balaban J connectivity index is 1.71. The number of nitrogens with zero attached hydrogens (tertiary/aromatic N) is 1. The van der Waals surface area contributed by atoms with Crippen LogP contribution in [0.3, 0.4) is 0 Å². The summed E-state index contributed by atoms with van der Waals surface area (Å²) in [5, 5.41) is 13.6. The second kappa shape index (κ2) is 14.5. The number of aliphatic carboxylic acids is 1. The second-order valence-corrected chi connectivity index (χ2v) is 11.0. The van der Waals surface area contributed by atoms with E-state index in [0.717, 1.165) is 17.7 Å². The molecule has 0 spiro atoms. The van der Waals surface area contributed by atoms with Crippen LogP contribution >= 0.6 is 0 Å². The third-order valence-corrected chi connectivity index (χ3v) is 8.33. The highest BCUT2D eigenvalue weighted by Crippen LogP contribution is 2.36. The molecule has 0 saturated heterocycles. The first kappa shape index (κ1) is 34.0. The predicted molar refractivity (Wildman–Crippen MR) is 173 cm³/mol. The van der Waals surface area contributed by atoms with Crippen molar-refractivity contribution in [3.8, 4) is 11.1 Å². The number of amides is 2. The largest absolute Gasteiger partial charge is 0.480 e. The van der Waals surface area contributed by atoms with Crippen LogP contribution in [-0.4, -0.2) is 40.9 Å². The van der Waals surface area contributed by atoms with Crippen LogP contribution in [0.15, 0.2) is 97.1 Å². The lowest BCUT2D eigenvalue weighted by Gasteiger charge is -2.34. The van der Waals surface area contributed by atoms with E-state index >= 15 is 0 Å². The standard InChI is InChI=1S/C37H37F3N2O4/c1-4-26-24-29(36(35(45)46,34(44)42(5-2)6-3)23-22-25-12-8-7-9-13-25)20-21-32(26)41-33(43)31-15-11-10-14-30(31)27-16-18-28(19-17-27)37(38,39)40/h7-21,24H,4-6,22-23H2,1-3H3,(H,41,43)(H,45,46). The number of halogens is 3. The van der Waals surface area contributed by atoms with Crippen molar-refractivity contribution in [3.63, 3.8) is 0 Å². The van der Waals surface area contributed by atoms with Crippen molar-refractivity contribution in [2.45, 2.75) is 51.6 Å². The molecule has 2 amide bonds. The zero-order chi connectivity index (χ0) is 33.5. The molecular formula is C37H37F3N2O4. The van der Waals surface area contributed by atoms with E-state index < -0.39 is 34.9 Å². The average molecular weight is 631 g/mol. The third kappa shape index (κ3) is 7.14. The fourth-order valence-corrected chi connectivity index (χ4v) is 5.69. The molecule has 0 fully saturated rings. The molecule has 4 aromatic rings. The molecular weight excluding hydrogens is 593 g/mol. The molecule has 0 saturated carbocycles. The van der Waals surface area contributed by atoms with Gasteiger partial charge in [-0.25, -0.2) is 0 Å². The SMILES string of the molecule is CCc1cc(C(CCc2ccccc2)(C(=O)O)C(=O)N(CC)CC)ccc1NC(=O)c1ccccc1-c1ccc(C(F)(F)F)cc1. The van der Waals surface area contributed by atoms with E-state index in [0.29, 0.717) is 53.9 Å². The number of benzene rings is 4. The van der Waals surface area contributed by atoms with E-state index in [9.17, 15) is 32.7 Å². The fraction of sp³-hybridized carbons (Fsp3) is 0.270. The first-order chi connectivity index (χ1) is 22.0. The van der Waals surface area contributed by atoms with Gasteiger partial charge in [-0.1, -0.05) is 79.7 Å². The maximum atomic E-state index is 14.0. The number of hydrogen-bond acceptors (Lipinski definition) is 3. The van der Waals surface area contributed by atoms with E-state index in [1.807, 2.05) is 51.1 Å². The first-order valence-electron chi connectivity index (χ1n) is 15.2. The van der Waals surface area contributed by atoms with Crippen molar-refractivity contribution in [2.24, 2.45) is 0 Å². The second-order valence-electron chi connectivity index (χ2n) is 11.0. The van der Waals surface area contributed by atoms with Crippen LogP contribution in [0.2, 0.25) is 0 Å². The summed E-state index contributed by atoms with van der Waals surface area (Å²) in [6.45, 7) is 6.18. The molecule has 0 aromatic heterocycles. The number of nitrogens with one attached hydrogen (secondary N) is 1. The van der Waals surface area contributed by atoms with E-state index in [1.165, 1.54) is 17.0 Å². The van der Waals surface area contributed by atoms with Crippen molar-refractivity contribution >= 4 is 23.5 Å². The minimum atomic E-state index is -4.48. The number of rotatable bonds is 12. The van der Waals surface area contributed by atoms with Gasteiger partial charge in [-0.05, 0) is 85.2 Å².